The number of amides is 2. The summed E-state index contributed by atoms with van der Waals surface area (Å²) in [6, 6.07) is 14.2. The van der Waals surface area contributed by atoms with Gasteiger partial charge in [0.1, 0.15) is 18.1 Å². The second-order valence-corrected chi connectivity index (χ2v) is 9.72. The predicted molar refractivity (Wildman–Crippen MR) is 140 cm³/mol. The summed E-state index contributed by atoms with van der Waals surface area (Å²) in [5.74, 6) is -0.907. The molecule has 0 aromatic heterocycles. The summed E-state index contributed by atoms with van der Waals surface area (Å²) in [7, 11) is 3.15. The number of methoxy groups -OCH3 is 2. The predicted octanol–water partition coefficient (Wildman–Crippen LogP) is 2.26. The number of ether oxygens (including phenoxy) is 6. The highest BCUT2D eigenvalue weighted by molar-refractivity contribution is 5.89. The van der Waals surface area contributed by atoms with Gasteiger partial charge >= 0.3 is 5.97 Å². The van der Waals surface area contributed by atoms with Gasteiger partial charge in [-0.1, -0.05) is 38.1 Å². The smallest absolute Gasteiger partial charge is 0.336 e. The minimum atomic E-state index is -1.42. The van der Waals surface area contributed by atoms with Crippen LogP contribution in [0, 0.1) is 5.41 Å². The second-order valence-electron chi connectivity index (χ2n) is 9.72. The monoisotopic (exact) mass is 544 g/mol. The fourth-order valence-electron chi connectivity index (χ4n) is 3.85. The first-order valence-electron chi connectivity index (χ1n) is 12.5. The molecule has 1 heterocycles. The van der Waals surface area contributed by atoms with Gasteiger partial charge in [-0.3, -0.25) is 9.59 Å². The molecule has 3 atom stereocenters. The van der Waals surface area contributed by atoms with Crippen LogP contribution in [0.3, 0.4) is 0 Å². The van der Waals surface area contributed by atoms with Crippen molar-refractivity contribution in [1.29, 1.82) is 0 Å². The van der Waals surface area contributed by atoms with Crippen LogP contribution in [0.4, 0.5) is 0 Å². The highest BCUT2D eigenvalue weighted by Gasteiger charge is 2.45. The summed E-state index contributed by atoms with van der Waals surface area (Å²) >= 11 is 0. The van der Waals surface area contributed by atoms with Crippen LogP contribution in [-0.4, -0.2) is 64.0 Å². The number of benzene rings is 2. The first kappa shape index (κ1) is 29.9. The van der Waals surface area contributed by atoms with Crippen molar-refractivity contribution in [2.45, 2.75) is 45.3 Å². The normalized spacial score (nSPS) is 19.0. The lowest BCUT2D eigenvalue weighted by Gasteiger charge is -2.40. The van der Waals surface area contributed by atoms with Crippen LogP contribution in [0.15, 0.2) is 48.5 Å². The van der Waals surface area contributed by atoms with E-state index in [4.69, 9.17) is 34.2 Å². The molecule has 11 nitrogen and oxygen atoms in total. The molecule has 0 bridgehead atoms. The second kappa shape index (κ2) is 13.9. The Labute approximate surface area is 227 Å². The molecule has 212 valence electrons. The maximum absolute atomic E-state index is 13.2. The van der Waals surface area contributed by atoms with Gasteiger partial charge in [0.05, 0.1) is 26.7 Å². The zero-order chi connectivity index (χ0) is 28.4. The van der Waals surface area contributed by atoms with E-state index in [2.05, 4.69) is 5.32 Å². The van der Waals surface area contributed by atoms with Crippen molar-refractivity contribution in [3.63, 3.8) is 0 Å². The molecular formula is C28H36N2O9. The zero-order valence-corrected chi connectivity index (χ0v) is 22.6. The Hall–Kier alpha value is -3.67. The molecule has 11 heteroatoms. The van der Waals surface area contributed by atoms with Crippen LogP contribution in [0.2, 0.25) is 0 Å². The molecule has 1 aliphatic heterocycles. The van der Waals surface area contributed by atoms with Gasteiger partial charge in [0.25, 0.3) is 5.91 Å². The standard InChI is InChI=1S/C28H36N2O9/c1-28(2)17-37-27(19-7-11-20(35-4)12-8-19)39-24(28)26(33)38-22(15-23(29)31)25(32)30-16-18-5-9-21(10-6-18)36-14-13-34-3/h5-12,22,24,27H,13-17H2,1-4H3,(H2,29,31)(H,30,32). The van der Waals surface area contributed by atoms with Crippen LogP contribution in [0.1, 0.15) is 37.7 Å². The van der Waals surface area contributed by atoms with E-state index in [-0.39, 0.29) is 13.2 Å². The summed E-state index contributed by atoms with van der Waals surface area (Å²) < 4.78 is 33.0. The quantitative estimate of drug-likeness (QED) is 0.286. The molecule has 3 unspecified atom stereocenters. The molecular weight excluding hydrogens is 508 g/mol. The van der Waals surface area contributed by atoms with Crippen LogP contribution in [0.25, 0.3) is 0 Å². The van der Waals surface area contributed by atoms with Gasteiger partial charge in [0, 0.05) is 24.6 Å². The molecule has 0 saturated carbocycles. The van der Waals surface area contributed by atoms with Gasteiger partial charge in [0.2, 0.25) is 5.91 Å². The van der Waals surface area contributed by atoms with Crippen molar-refractivity contribution in [1.82, 2.24) is 5.32 Å². The fraction of sp³-hybridized carbons (Fsp3) is 0.464. The maximum Gasteiger partial charge on any atom is 0.336 e. The van der Waals surface area contributed by atoms with Crippen molar-refractivity contribution >= 4 is 17.8 Å². The van der Waals surface area contributed by atoms with E-state index in [0.29, 0.717) is 30.3 Å². The van der Waals surface area contributed by atoms with Crippen molar-refractivity contribution in [2.24, 2.45) is 11.1 Å². The zero-order valence-electron chi connectivity index (χ0n) is 22.6. The van der Waals surface area contributed by atoms with Gasteiger partial charge in [0.15, 0.2) is 18.5 Å². The Bertz CT molecular complexity index is 1100. The number of rotatable bonds is 13. The first-order valence-corrected chi connectivity index (χ1v) is 12.5. The third-order valence-corrected chi connectivity index (χ3v) is 6.06. The van der Waals surface area contributed by atoms with Crippen molar-refractivity contribution in [3.8, 4) is 11.5 Å². The van der Waals surface area contributed by atoms with Crippen molar-refractivity contribution in [3.05, 3.63) is 59.7 Å². The lowest BCUT2D eigenvalue weighted by atomic mass is 9.86. The largest absolute Gasteiger partial charge is 0.497 e. The summed E-state index contributed by atoms with van der Waals surface area (Å²) in [4.78, 5) is 37.8. The molecule has 3 rings (SSSR count). The molecule has 3 N–H and O–H groups in total. The van der Waals surface area contributed by atoms with Gasteiger partial charge in [-0.2, -0.15) is 0 Å². The highest BCUT2D eigenvalue weighted by Crippen LogP contribution is 2.37. The molecule has 0 radical (unpaired) electrons. The number of esters is 1. The summed E-state index contributed by atoms with van der Waals surface area (Å²) in [6.07, 6.45) is -3.79. The Morgan fingerprint density at radius 1 is 1.03 bits per heavy atom. The SMILES string of the molecule is COCCOc1ccc(CNC(=O)C(CC(N)=O)OC(=O)C2OC(c3ccc(OC)cc3)OCC2(C)C)cc1. The lowest BCUT2D eigenvalue weighted by molar-refractivity contribution is -0.267. The summed E-state index contributed by atoms with van der Waals surface area (Å²) in [6.45, 7) is 4.80. The number of primary amides is 1. The molecule has 2 amide bonds. The van der Waals surface area contributed by atoms with E-state index in [9.17, 15) is 14.4 Å². The molecule has 1 aliphatic rings. The number of hydrogen-bond donors (Lipinski definition) is 2. The Balaban J connectivity index is 1.63. The number of carbonyl (C=O) groups excluding carboxylic acids is 3. The maximum atomic E-state index is 13.2. The third-order valence-electron chi connectivity index (χ3n) is 6.06. The molecule has 1 saturated heterocycles. The van der Waals surface area contributed by atoms with E-state index in [1.807, 2.05) is 0 Å². The lowest BCUT2D eigenvalue weighted by Crippen LogP contribution is -2.50. The Kier molecular flexibility index (Phi) is 10.7. The Morgan fingerprint density at radius 3 is 2.31 bits per heavy atom. The first-order chi connectivity index (χ1) is 18.6. The van der Waals surface area contributed by atoms with Crippen LogP contribution in [-0.2, 0) is 39.9 Å². The fourth-order valence-corrected chi connectivity index (χ4v) is 3.85. The number of carbonyl (C=O) groups is 3. The average molecular weight is 545 g/mol. The Morgan fingerprint density at radius 2 is 1.69 bits per heavy atom. The van der Waals surface area contributed by atoms with E-state index in [1.165, 1.54) is 0 Å². The summed E-state index contributed by atoms with van der Waals surface area (Å²) in [5, 5.41) is 2.69. The van der Waals surface area contributed by atoms with Gasteiger partial charge in [-0.15, -0.1) is 0 Å². The van der Waals surface area contributed by atoms with Crippen molar-refractivity contribution < 1.29 is 42.8 Å². The third kappa shape index (κ3) is 8.67. The molecule has 0 aliphatic carbocycles. The van der Waals surface area contributed by atoms with Crippen LogP contribution < -0.4 is 20.5 Å². The van der Waals surface area contributed by atoms with E-state index >= 15 is 0 Å². The van der Waals surface area contributed by atoms with Gasteiger partial charge in [-0.25, -0.2) is 4.79 Å². The van der Waals surface area contributed by atoms with Gasteiger partial charge < -0.3 is 39.5 Å². The molecule has 2 aromatic carbocycles. The van der Waals surface area contributed by atoms with E-state index in [0.717, 1.165) is 5.56 Å². The highest BCUT2D eigenvalue weighted by atomic mass is 16.7. The average Bonchev–Trinajstić information content (AvgIpc) is 2.92. The number of hydrogen-bond acceptors (Lipinski definition) is 9. The molecule has 0 spiro atoms. The van der Waals surface area contributed by atoms with Crippen LogP contribution in [0.5, 0.6) is 11.5 Å². The van der Waals surface area contributed by atoms with E-state index in [1.54, 1.807) is 76.6 Å². The van der Waals surface area contributed by atoms with Gasteiger partial charge in [-0.05, 0) is 29.8 Å². The topological polar surface area (TPSA) is 145 Å². The van der Waals surface area contributed by atoms with E-state index < -0.39 is 48.1 Å². The van der Waals surface area contributed by atoms with Crippen LogP contribution >= 0.6 is 0 Å². The molecule has 2 aromatic rings. The number of nitrogens with one attached hydrogen (secondary N) is 1. The molecule has 39 heavy (non-hydrogen) atoms. The minimum Gasteiger partial charge on any atom is -0.497 e. The number of nitrogens with two attached hydrogens (primary N) is 1. The minimum absolute atomic E-state index is 0.142. The van der Waals surface area contributed by atoms with Crippen molar-refractivity contribution in [2.75, 3.05) is 34.0 Å². The summed E-state index contributed by atoms with van der Waals surface area (Å²) in [5.41, 5.74) is 6.04. The molecule has 1 fully saturated rings.